The minimum absolute atomic E-state index is 0.271. The molecule has 0 fully saturated rings. The lowest BCUT2D eigenvalue weighted by atomic mass is 10.2. The number of rotatable bonds is 7. The van der Waals surface area contributed by atoms with E-state index >= 15 is 0 Å². The standard InChI is InChI=1S/C15H19N3O3S/c1-18(15(20)14(19)5-8-22-2)10-12-9-13(17-21-12)11-3-6-16-7-4-11/h3-4,6-7,9,14,19H,5,8,10H2,1-2H3/t14-/m1/s1. The molecule has 0 unspecified atom stereocenters. The van der Waals surface area contributed by atoms with Crippen LogP contribution in [0, 0.1) is 0 Å². The second-order valence-corrected chi connectivity index (χ2v) is 5.89. The average Bonchev–Trinajstić information content (AvgIpc) is 3.01. The Labute approximate surface area is 133 Å². The topological polar surface area (TPSA) is 79.5 Å². The van der Waals surface area contributed by atoms with Crippen molar-refractivity contribution in [1.29, 1.82) is 0 Å². The summed E-state index contributed by atoms with van der Waals surface area (Å²) >= 11 is 1.60. The van der Waals surface area contributed by atoms with Gasteiger partial charge in [-0.15, -0.1) is 0 Å². The lowest BCUT2D eigenvalue weighted by Crippen LogP contribution is -2.36. The van der Waals surface area contributed by atoms with Gasteiger partial charge in [-0.25, -0.2) is 0 Å². The Balaban J connectivity index is 1.96. The number of thioether (sulfide) groups is 1. The van der Waals surface area contributed by atoms with E-state index in [0.29, 0.717) is 17.9 Å². The number of carbonyl (C=O) groups is 1. The summed E-state index contributed by atoms with van der Waals surface area (Å²) in [6, 6.07) is 5.46. The molecular weight excluding hydrogens is 302 g/mol. The summed E-state index contributed by atoms with van der Waals surface area (Å²) in [6.45, 7) is 0.271. The summed E-state index contributed by atoms with van der Waals surface area (Å²) in [5.74, 6) is 1.01. The fourth-order valence-electron chi connectivity index (χ4n) is 1.97. The van der Waals surface area contributed by atoms with E-state index in [4.69, 9.17) is 4.52 Å². The van der Waals surface area contributed by atoms with E-state index in [-0.39, 0.29) is 12.5 Å². The van der Waals surface area contributed by atoms with Crippen LogP contribution < -0.4 is 0 Å². The predicted octanol–water partition coefficient (Wildman–Crippen LogP) is 1.81. The van der Waals surface area contributed by atoms with E-state index in [1.165, 1.54) is 4.90 Å². The van der Waals surface area contributed by atoms with Crippen molar-refractivity contribution in [1.82, 2.24) is 15.0 Å². The number of nitrogens with zero attached hydrogens (tertiary/aromatic N) is 3. The zero-order valence-electron chi connectivity index (χ0n) is 12.6. The number of hydrogen-bond acceptors (Lipinski definition) is 6. The van der Waals surface area contributed by atoms with E-state index in [1.807, 2.05) is 18.4 Å². The first-order chi connectivity index (χ1) is 10.6. The number of amides is 1. The van der Waals surface area contributed by atoms with Gasteiger partial charge in [-0.05, 0) is 30.6 Å². The highest BCUT2D eigenvalue weighted by atomic mass is 32.2. The van der Waals surface area contributed by atoms with Gasteiger partial charge < -0.3 is 14.5 Å². The third-order valence-corrected chi connectivity index (χ3v) is 3.83. The van der Waals surface area contributed by atoms with Gasteiger partial charge in [0.15, 0.2) is 5.76 Å². The van der Waals surface area contributed by atoms with Crippen molar-refractivity contribution in [3.05, 3.63) is 36.4 Å². The van der Waals surface area contributed by atoms with Crippen molar-refractivity contribution >= 4 is 17.7 Å². The van der Waals surface area contributed by atoms with Gasteiger partial charge in [-0.3, -0.25) is 9.78 Å². The lowest BCUT2D eigenvalue weighted by molar-refractivity contribution is -0.139. The van der Waals surface area contributed by atoms with Crippen LogP contribution in [-0.2, 0) is 11.3 Å². The van der Waals surface area contributed by atoms with Crippen molar-refractivity contribution in [3.8, 4) is 11.3 Å². The van der Waals surface area contributed by atoms with Crippen molar-refractivity contribution in [3.63, 3.8) is 0 Å². The Morgan fingerprint density at radius 3 is 2.86 bits per heavy atom. The third kappa shape index (κ3) is 4.32. The van der Waals surface area contributed by atoms with Gasteiger partial charge in [0.25, 0.3) is 5.91 Å². The highest BCUT2D eigenvalue weighted by molar-refractivity contribution is 7.98. The Kier molecular flexibility index (Phi) is 5.97. The number of carbonyl (C=O) groups excluding carboxylic acids is 1. The number of aliphatic hydroxyl groups is 1. The molecule has 0 radical (unpaired) electrons. The molecular formula is C15H19N3O3S. The monoisotopic (exact) mass is 321 g/mol. The molecule has 7 heteroatoms. The maximum absolute atomic E-state index is 12.0. The van der Waals surface area contributed by atoms with E-state index < -0.39 is 6.10 Å². The van der Waals surface area contributed by atoms with E-state index in [0.717, 1.165) is 11.3 Å². The largest absolute Gasteiger partial charge is 0.383 e. The zero-order valence-corrected chi connectivity index (χ0v) is 13.4. The second kappa shape index (κ2) is 7.95. The molecule has 0 bridgehead atoms. The van der Waals surface area contributed by atoms with Crippen LogP contribution in [0.15, 0.2) is 35.1 Å². The van der Waals surface area contributed by atoms with Gasteiger partial charge in [-0.2, -0.15) is 11.8 Å². The molecule has 2 heterocycles. The van der Waals surface area contributed by atoms with Gasteiger partial charge in [0.1, 0.15) is 11.8 Å². The molecule has 1 N–H and O–H groups in total. The molecule has 2 aromatic heterocycles. The van der Waals surface area contributed by atoms with E-state index in [2.05, 4.69) is 10.1 Å². The van der Waals surface area contributed by atoms with Crippen molar-refractivity contribution in [2.24, 2.45) is 0 Å². The Bertz CT molecular complexity index is 603. The molecule has 0 saturated heterocycles. The summed E-state index contributed by atoms with van der Waals surface area (Å²) < 4.78 is 5.25. The van der Waals surface area contributed by atoms with Crippen LogP contribution in [0.2, 0.25) is 0 Å². The summed E-state index contributed by atoms with van der Waals surface area (Å²) in [6.07, 6.45) is 4.78. The van der Waals surface area contributed by atoms with Gasteiger partial charge in [0.2, 0.25) is 0 Å². The second-order valence-electron chi connectivity index (χ2n) is 4.91. The van der Waals surface area contributed by atoms with Crippen molar-refractivity contribution in [2.75, 3.05) is 19.1 Å². The van der Waals surface area contributed by atoms with Crippen molar-refractivity contribution < 1.29 is 14.4 Å². The maximum Gasteiger partial charge on any atom is 0.251 e. The molecule has 0 spiro atoms. The summed E-state index contributed by atoms with van der Waals surface area (Å²) in [4.78, 5) is 17.4. The van der Waals surface area contributed by atoms with Gasteiger partial charge in [0.05, 0.1) is 6.54 Å². The number of aliphatic hydroxyl groups excluding tert-OH is 1. The molecule has 0 aliphatic rings. The smallest absolute Gasteiger partial charge is 0.251 e. The SMILES string of the molecule is CSCC[C@@H](O)C(=O)N(C)Cc1cc(-c2ccncc2)no1. The normalized spacial score (nSPS) is 12.1. The molecule has 6 nitrogen and oxygen atoms in total. The zero-order chi connectivity index (χ0) is 15.9. The molecule has 1 atom stereocenters. The molecule has 118 valence electrons. The van der Waals surface area contributed by atoms with Gasteiger partial charge in [0, 0.05) is 31.1 Å². The first-order valence-corrected chi connectivity index (χ1v) is 8.29. The van der Waals surface area contributed by atoms with Crippen LogP contribution in [-0.4, -0.2) is 51.2 Å². The van der Waals surface area contributed by atoms with E-state index in [1.54, 1.807) is 37.3 Å². The molecule has 22 heavy (non-hydrogen) atoms. The molecule has 1 amide bonds. The average molecular weight is 321 g/mol. The molecule has 2 rings (SSSR count). The fraction of sp³-hybridized carbons (Fsp3) is 0.400. The van der Waals surface area contributed by atoms with Crippen molar-refractivity contribution in [2.45, 2.75) is 19.1 Å². The van der Waals surface area contributed by atoms with Crippen LogP contribution in [0.3, 0.4) is 0 Å². The van der Waals surface area contributed by atoms with Gasteiger partial charge >= 0.3 is 0 Å². The molecule has 2 aromatic rings. The van der Waals surface area contributed by atoms with Crippen LogP contribution in [0.4, 0.5) is 0 Å². The first kappa shape index (κ1) is 16.5. The summed E-state index contributed by atoms with van der Waals surface area (Å²) in [7, 11) is 1.64. The summed E-state index contributed by atoms with van der Waals surface area (Å²) in [5.41, 5.74) is 1.60. The highest BCUT2D eigenvalue weighted by Crippen LogP contribution is 2.19. The number of hydrogen-bond donors (Lipinski definition) is 1. The molecule has 0 aliphatic heterocycles. The molecule has 0 saturated carbocycles. The predicted molar refractivity (Wildman–Crippen MR) is 85.2 cm³/mol. The fourth-order valence-corrected chi connectivity index (χ4v) is 2.42. The summed E-state index contributed by atoms with van der Waals surface area (Å²) in [5, 5.41) is 13.8. The number of likely N-dealkylation sites (N-methyl/N-ethyl adjacent to an activating group) is 1. The highest BCUT2D eigenvalue weighted by Gasteiger charge is 2.20. The minimum atomic E-state index is -0.972. The lowest BCUT2D eigenvalue weighted by Gasteiger charge is -2.19. The molecule has 0 aliphatic carbocycles. The minimum Gasteiger partial charge on any atom is -0.383 e. The van der Waals surface area contributed by atoms with Crippen LogP contribution >= 0.6 is 11.8 Å². The number of pyridine rings is 1. The quantitative estimate of drug-likeness (QED) is 0.838. The van der Waals surface area contributed by atoms with Crippen LogP contribution in [0.5, 0.6) is 0 Å². The number of aromatic nitrogens is 2. The van der Waals surface area contributed by atoms with Crippen LogP contribution in [0.25, 0.3) is 11.3 Å². The Morgan fingerprint density at radius 2 is 2.18 bits per heavy atom. The maximum atomic E-state index is 12.0. The van der Waals surface area contributed by atoms with Crippen LogP contribution in [0.1, 0.15) is 12.2 Å². The third-order valence-electron chi connectivity index (χ3n) is 3.18. The molecule has 0 aromatic carbocycles. The van der Waals surface area contributed by atoms with Gasteiger partial charge in [-0.1, -0.05) is 5.16 Å². The Hall–Kier alpha value is -1.86. The van der Waals surface area contributed by atoms with E-state index in [9.17, 15) is 9.90 Å². The Morgan fingerprint density at radius 1 is 1.45 bits per heavy atom. The first-order valence-electron chi connectivity index (χ1n) is 6.89.